The number of amides is 1. The molecule has 1 aliphatic rings. The minimum atomic E-state index is -0.508. The average Bonchev–Trinajstić information content (AvgIpc) is 3.12. The molecule has 0 spiro atoms. The van der Waals surface area contributed by atoms with Crippen molar-refractivity contribution < 1.29 is 24.2 Å². The van der Waals surface area contributed by atoms with E-state index >= 15 is 0 Å². The molecule has 1 aromatic rings. The van der Waals surface area contributed by atoms with Crippen LogP contribution < -0.4 is 15.8 Å². The molecule has 0 bridgehead atoms. The van der Waals surface area contributed by atoms with E-state index in [2.05, 4.69) is 5.32 Å². The van der Waals surface area contributed by atoms with Gasteiger partial charge in [-0.2, -0.15) is 0 Å². The van der Waals surface area contributed by atoms with E-state index in [9.17, 15) is 14.7 Å². The van der Waals surface area contributed by atoms with Gasteiger partial charge in [-0.25, -0.2) is 4.79 Å². The summed E-state index contributed by atoms with van der Waals surface area (Å²) in [4.78, 5) is 24.0. The molecule has 0 aliphatic carbocycles. The van der Waals surface area contributed by atoms with E-state index in [-0.39, 0.29) is 23.8 Å². The molecule has 0 radical (unpaired) electrons. The zero-order chi connectivity index (χ0) is 22.1. The fourth-order valence-corrected chi connectivity index (χ4v) is 4.97. The summed E-state index contributed by atoms with van der Waals surface area (Å²) in [5.41, 5.74) is 8.73. The van der Waals surface area contributed by atoms with Gasteiger partial charge in [0.15, 0.2) is 0 Å². The smallest absolute Gasteiger partial charge is 0.342 e. The minimum Gasteiger partial charge on any atom is -0.507 e. The summed E-state index contributed by atoms with van der Waals surface area (Å²) in [7, 11) is 4.96. The Hall–Kier alpha value is -1.84. The maximum Gasteiger partial charge on any atom is 0.342 e. The van der Waals surface area contributed by atoms with Crippen LogP contribution in [-0.4, -0.2) is 48.7 Å². The predicted octanol–water partition coefficient (Wildman–Crippen LogP) is 3.10. The first-order valence-electron chi connectivity index (χ1n) is 9.85. The number of allylic oxidation sites excluding steroid dienone is 2. The molecule has 1 amide bonds. The van der Waals surface area contributed by atoms with Gasteiger partial charge in [0.2, 0.25) is 5.91 Å². The van der Waals surface area contributed by atoms with Crippen LogP contribution in [0.5, 0.6) is 11.5 Å². The highest BCUT2D eigenvalue weighted by Crippen LogP contribution is 2.42. The number of rotatable bonds is 12. The minimum absolute atomic E-state index is 0.0173. The molecule has 9 heteroatoms. The Bertz CT molecular complexity index is 811. The third-order valence-electron chi connectivity index (χ3n) is 4.84. The molecule has 0 fully saturated rings. The maximum absolute atomic E-state index is 12.0. The van der Waals surface area contributed by atoms with Crippen LogP contribution in [0, 0.1) is 6.92 Å². The lowest BCUT2D eigenvalue weighted by Gasteiger charge is -2.15. The van der Waals surface area contributed by atoms with E-state index in [0.29, 0.717) is 49.2 Å². The molecule has 7 nitrogen and oxygen atoms in total. The molecule has 1 aromatic carbocycles. The summed E-state index contributed by atoms with van der Waals surface area (Å²) in [6, 6.07) is 0. The number of nitrogens with two attached hydrogens (primary N) is 1. The van der Waals surface area contributed by atoms with Gasteiger partial charge >= 0.3 is 5.97 Å². The zero-order valence-corrected chi connectivity index (χ0v) is 19.3. The monoisotopic (exact) mass is 454 g/mol. The van der Waals surface area contributed by atoms with E-state index < -0.39 is 5.97 Å². The largest absolute Gasteiger partial charge is 0.507 e. The molecule has 2 rings (SSSR count). The van der Waals surface area contributed by atoms with Gasteiger partial charge in [-0.1, -0.05) is 33.2 Å². The Morgan fingerprint density at radius 3 is 2.77 bits per heavy atom. The number of carbonyl (C=O) groups excluding carboxylic acids is 2. The van der Waals surface area contributed by atoms with Crippen molar-refractivity contribution in [2.45, 2.75) is 39.7 Å². The van der Waals surface area contributed by atoms with Crippen molar-refractivity contribution in [3.63, 3.8) is 0 Å². The Morgan fingerprint density at radius 2 is 2.07 bits per heavy atom. The average molecular weight is 455 g/mol. The van der Waals surface area contributed by atoms with Gasteiger partial charge in [0.25, 0.3) is 0 Å². The molecule has 4 N–H and O–H groups in total. The number of methoxy groups -OCH3 is 1. The van der Waals surface area contributed by atoms with Crippen molar-refractivity contribution in [3.05, 3.63) is 33.9 Å². The molecule has 1 heterocycles. The molecular weight excluding hydrogens is 424 g/mol. The molecular formula is C21H30N2O5S2. The van der Waals surface area contributed by atoms with Crippen molar-refractivity contribution in [1.82, 2.24) is 5.32 Å². The second-order valence-corrected chi connectivity index (χ2v) is 9.65. The van der Waals surface area contributed by atoms with Crippen LogP contribution in [-0.2, 0) is 22.6 Å². The van der Waals surface area contributed by atoms with Gasteiger partial charge in [-0.05, 0) is 32.3 Å². The summed E-state index contributed by atoms with van der Waals surface area (Å²) >= 11 is 0. The normalized spacial score (nSPS) is 13.2. The number of nitrogens with one attached hydrogen (secondary N) is 1. The summed E-state index contributed by atoms with van der Waals surface area (Å²) in [6.45, 7) is 5.26. The zero-order valence-electron chi connectivity index (χ0n) is 17.7. The number of phenolic OH excluding ortho intramolecular Hbond substituents is 1. The summed E-state index contributed by atoms with van der Waals surface area (Å²) < 4.78 is 10.6. The molecule has 30 heavy (non-hydrogen) atoms. The Labute approximate surface area is 185 Å². The third-order valence-corrected chi connectivity index (χ3v) is 7.28. The maximum atomic E-state index is 12.0. The summed E-state index contributed by atoms with van der Waals surface area (Å²) in [6.07, 6.45) is 3.38. The molecule has 0 atom stereocenters. The first kappa shape index (κ1) is 24.4. The standard InChI is InChI=1S/C21H30N2O5S2/c1-13(5-7-17(24)23-9-11-30-29-10-8-22)4-6-15-19(25)18-16(12-28-21(18)26)14(2)20(15)27-3/h4,25H,5-12,22H2,1-3H3,(H,23,24). The van der Waals surface area contributed by atoms with E-state index in [1.54, 1.807) is 28.7 Å². The van der Waals surface area contributed by atoms with Crippen LogP contribution in [0.15, 0.2) is 11.6 Å². The van der Waals surface area contributed by atoms with Crippen LogP contribution >= 0.6 is 21.6 Å². The highest BCUT2D eigenvalue weighted by Gasteiger charge is 2.31. The van der Waals surface area contributed by atoms with E-state index in [0.717, 1.165) is 22.6 Å². The summed E-state index contributed by atoms with van der Waals surface area (Å²) in [5.74, 6) is 1.76. The predicted molar refractivity (Wildman–Crippen MR) is 122 cm³/mol. The third kappa shape index (κ3) is 6.33. The second kappa shape index (κ2) is 12.1. The summed E-state index contributed by atoms with van der Waals surface area (Å²) in [5, 5.41) is 13.6. The molecule has 1 aliphatic heterocycles. The van der Waals surface area contributed by atoms with Gasteiger partial charge in [0.05, 0.1) is 7.11 Å². The van der Waals surface area contributed by atoms with Crippen LogP contribution in [0.2, 0.25) is 0 Å². The molecule has 0 unspecified atom stereocenters. The molecule has 0 aromatic heterocycles. The van der Waals surface area contributed by atoms with E-state index in [1.165, 1.54) is 0 Å². The molecule has 0 saturated heterocycles. The SMILES string of the molecule is COc1c(C)c2c(c(O)c1CC=C(C)CCC(=O)NCCSSCCN)C(=O)OC2. The van der Waals surface area contributed by atoms with Crippen molar-refractivity contribution >= 4 is 33.5 Å². The Morgan fingerprint density at radius 1 is 1.33 bits per heavy atom. The van der Waals surface area contributed by atoms with Gasteiger partial charge in [0.1, 0.15) is 23.7 Å². The fraction of sp³-hybridized carbons (Fsp3) is 0.524. The number of ether oxygens (including phenoxy) is 2. The Balaban J connectivity index is 1.91. The Kier molecular flexibility index (Phi) is 9.87. The fourth-order valence-electron chi connectivity index (χ4n) is 3.20. The number of phenols is 1. The topological polar surface area (TPSA) is 111 Å². The number of aromatic hydroxyl groups is 1. The number of fused-ring (bicyclic) bond motifs is 1. The van der Waals surface area contributed by atoms with Gasteiger partial charge in [0, 0.05) is 42.1 Å². The number of hydrogen-bond donors (Lipinski definition) is 3. The first-order valence-corrected chi connectivity index (χ1v) is 12.3. The van der Waals surface area contributed by atoms with Crippen molar-refractivity contribution in [3.8, 4) is 11.5 Å². The quantitative estimate of drug-likeness (QED) is 0.191. The van der Waals surface area contributed by atoms with Crippen LogP contribution in [0.25, 0.3) is 0 Å². The van der Waals surface area contributed by atoms with Crippen molar-refractivity contribution in [2.24, 2.45) is 5.73 Å². The van der Waals surface area contributed by atoms with Crippen LogP contribution in [0.4, 0.5) is 0 Å². The highest BCUT2D eigenvalue weighted by molar-refractivity contribution is 8.76. The van der Waals surface area contributed by atoms with Gasteiger partial charge in [-0.15, -0.1) is 0 Å². The molecule has 166 valence electrons. The second-order valence-electron chi connectivity index (χ2n) is 6.95. The lowest BCUT2D eigenvalue weighted by atomic mass is 9.94. The number of carbonyl (C=O) groups is 2. The van der Waals surface area contributed by atoms with E-state index in [4.69, 9.17) is 15.2 Å². The van der Waals surface area contributed by atoms with Crippen molar-refractivity contribution in [2.75, 3.05) is 31.7 Å². The van der Waals surface area contributed by atoms with E-state index in [1.807, 2.05) is 19.9 Å². The van der Waals surface area contributed by atoms with Gasteiger partial charge < -0.3 is 25.6 Å². The van der Waals surface area contributed by atoms with Crippen LogP contribution in [0.3, 0.4) is 0 Å². The number of cyclic esters (lactones) is 1. The van der Waals surface area contributed by atoms with Crippen molar-refractivity contribution in [1.29, 1.82) is 0 Å². The highest BCUT2D eigenvalue weighted by atomic mass is 33.1. The lowest BCUT2D eigenvalue weighted by Crippen LogP contribution is -2.25. The number of benzene rings is 1. The first-order chi connectivity index (χ1) is 14.4. The lowest BCUT2D eigenvalue weighted by molar-refractivity contribution is -0.120. The molecule has 0 saturated carbocycles. The van der Waals surface area contributed by atoms with Crippen LogP contribution in [0.1, 0.15) is 46.8 Å². The van der Waals surface area contributed by atoms with Gasteiger partial charge in [-0.3, -0.25) is 4.79 Å². The number of esters is 1. The number of hydrogen-bond acceptors (Lipinski definition) is 8.